The lowest BCUT2D eigenvalue weighted by atomic mass is 9.99. The van der Waals surface area contributed by atoms with Crippen LogP contribution >= 0.6 is 0 Å². The summed E-state index contributed by atoms with van der Waals surface area (Å²) in [5, 5.41) is 111. The first kappa shape index (κ1) is 30.1. The second-order valence-electron chi connectivity index (χ2n) is 7.43. The van der Waals surface area contributed by atoms with E-state index in [1.807, 2.05) is 0 Å². The van der Waals surface area contributed by atoms with Crippen molar-refractivity contribution in [1.29, 1.82) is 0 Å². The summed E-state index contributed by atoms with van der Waals surface area (Å²) in [5.41, 5.74) is 0. The molecule has 12 atom stereocenters. The Balaban J connectivity index is 0.000000461. The van der Waals surface area contributed by atoms with Crippen LogP contribution in [-0.2, 0) is 19.0 Å². The number of carbonyl (C=O) groups is 1. The van der Waals surface area contributed by atoms with Crippen molar-refractivity contribution in [2.45, 2.75) is 73.1 Å². The van der Waals surface area contributed by atoms with Gasteiger partial charge in [0, 0.05) is 0 Å². The molecule has 2 saturated heterocycles. The van der Waals surface area contributed by atoms with Gasteiger partial charge in [-0.05, 0) is 0 Å². The van der Waals surface area contributed by atoms with Crippen molar-refractivity contribution in [2.24, 2.45) is 0 Å². The van der Waals surface area contributed by atoms with Crippen LogP contribution in [0.1, 0.15) is 0 Å². The Bertz CT molecular complexity index is 579. The Morgan fingerprint density at radius 3 is 1.85 bits per heavy atom. The lowest BCUT2D eigenvalue weighted by Crippen LogP contribution is -2.62. The first-order valence-electron chi connectivity index (χ1n) is 9.78. The van der Waals surface area contributed by atoms with E-state index >= 15 is 0 Å². The number of aliphatic hydroxyl groups is 12. The molecule has 16 heteroatoms. The maximum Gasteiger partial charge on any atom is 0.224 e. The lowest BCUT2D eigenvalue weighted by molar-refractivity contribution is -0.383. The quantitative estimate of drug-likeness (QED) is 0.133. The fourth-order valence-electron chi connectivity index (χ4n) is 3.05. The Hall–Kier alpha value is -0.930. The molecular formula is C17H32O16. The summed E-state index contributed by atoms with van der Waals surface area (Å²) in [6, 6.07) is 0. The molecule has 33 heavy (non-hydrogen) atoms. The number of carbonyl (C=O) groups excluding carboxylic acids is 1. The number of hydrogen-bond acceptors (Lipinski definition) is 16. The van der Waals surface area contributed by atoms with Gasteiger partial charge in [0.25, 0.3) is 0 Å². The van der Waals surface area contributed by atoms with E-state index in [-0.39, 0.29) is 6.29 Å². The van der Waals surface area contributed by atoms with Gasteiger partial charge in [-0.1, -0.05) is 0 Å². The average molecular weight is 492 g/mol. The standard InChI is InChI=1S/C12H22O11.C5H10O5/c13-1-4-6(16)8(18)9(19)11(21-4)23-12(3-15)10(20)7(17)5(2-14)22-12;6-1-3(8)5(10)4(9)2-7/h4-11,13-20H,1-3H2;1,3-5,7-10H,2H2/t4-,5-,6-,7-,8+,9-,10+,11-,12+;3-,4-,5+/m11/s1. The highest BCUT2D eigenvalue weighted by atomic mass is 16.8. The molecular weight excluding hydrogens is 460 g/mol. The molecule has 0 bridgehead atoms. The van der Waals surface area contributed by atoms with Gasteiger partial charge in [0.05, 0.1) is 19.8 Å². The largest absolute Gasteiger partial charge is 0.394 e. The second kappa shape index (κ2) is 13.2. The minimum Gasteiger partial charge on any atom is -0.394 e. The zero-order valence-corrected chi connectivity index (χ0v) is 17.3. The summed E-state index contributed by atoms with van der Waals surface area (Å²) >= 11 is 0. The third-order valence-electron chi connectivity index (χ3n) is 5.14. The van der Waals surface area contributed by atoms with E-state index < -0.39 is 99.5 Å². The van der Waals surface area contributed by atoms with Gasteiger partial charge in [-0.2, -0.15) is 0 Å². The predicted molar refractivity (Wildman–Crippen MR) is 99.8 cm³/mol. The predicted octanol–water partition coefficient (Wildman–Crippen LogP) is -8.14. The van der Waals surface area contributed by atoms with E-state index in [0.717, 1.165) is 0 Å². The molecule has 0 unspecified atom stereocenters. The topological polar surface area (TPSA) is 288 Å². The Kier molecular flexibility index (Phi) is 12.1. The van der Waals surface area contributed by atoms with Crippen molar-refractivity contribution in [3.8, 4) is 0 Å². The lowest BCUT2D eigenvalue weighted by Gasteiger charge is -2.43. The molecule has 2 aliphatic heterocycles. The maximum absolute atomic E-state index is 10.00. The van der Waals surface area contributed by atoms with Gasteiger partial charge in [0.1, 0.15) is 67.6 Å². The van der Waals surface area contributed by atoms with Gasteiger partial charge in [-0.15, -0.1) is 0 Å². The van der Waals surface area contributed by atoms with E-state index in [4.69, 9.17) is 44.8 Å². The van der Waals surface area contributed by atoms with E-state index in [9.17, 15) is 35.4 Å². The fourth-order valence-corrected chi connectivity index (χ4v) is 3.05. The van der Waals surface area contributed by atoms with Crippen LogP contribution < -0.4 is 0 Å². The highest BCUT2D eigenvalue weighted by molar-refractivity contribution is 5.56. The molecule has 0 aromatic rings. The van der Waals surface area contributed by atoms with E-state index in [0.29, 0.717) is 0 Å². The van der Waals surface area contributed by atoms with Crippen LogP contribution in [0, 0.1) is 0 Å². The summed E-state index contributed by atoms with van der Waals surface area (Å²) in [4.78, 5) is 9.76. The zero-order chi connectivity index (χ0) is 25.5. The summed E-state index contributed by atoms with van der Waals surface area (Å²) in [7, 11) is 0. The van der Waals surface area contributed by atoms with Crippen molar-refractivity contribution in [3.63, 3.8) is 0 Å². The van der Waals surface area contributed by atoms with Crippen LogP contribution in [0.3, 0.4) is 0 Å². The third kappa shape index (κ3) is 6.82. The maximum atomic E-state index is 10.00. The van der Waals surface area contributed by atoms with E-state index in [1.165, 1.54) is 0 Å². The van der Waals surface area contributed by atoms with Crippen molar-refractivity contribution in [1.82, 2.24) is 0 Å². The minimum absolute atomic E-state index is 0.0869. The van der Waals surface area contributed by atoms with E-state index in [1.54, 1.807) is 0 Å². The molecule has 2 aliphatic rings. The molecule has 0 amide bonds. The van der Waals surface area contributed by atoms with Gasteiger partial charge in [-0.25, -0.2) is 0 Å². The molecule has 2 rings (SSSR count). The third-order valence-corrected chi connectivity index (χ3v) is 5.14. The van der Waals surface area contributed by atoms with Crippen LogP contribution in [0.15, 0.2) is 0 Å². The Labute approximate surface area is 187 Å². The van der Waals surface area contributed by atoms with Crippen LogP contribution in [0.25, 0.3) is 0 Å². The molecule has 12 N–H and O–H groups in total. The first-order chi connectivity index (χ1) is 15.4. The zero-order valence-electron chi connectivity index (χ0n) is 17.3. The van der Waals surface area contributed by atoms with Crippen LogP contribution in [0.5, 0.6) is 0 Å². The molecule has 0 aliphatic carbocycles. The number of aliphatic hydroxyl groups excluding tert-OH is 12. The SMILES string of the molecule is O=C[C@@H](O)[C@H](O)[C@H](O)CO.OC[C@H]1O[C@@](CO)(O[C@H]2O[C@H](CO)[C@@H](O)[C@H](O)[C@H]2O)[C@@H](O)[C@@H]1O. The number of aldehydes is 1. The second-order valence-corrected chi connectivity index (χ2v) is 7.43. The summed E-state index contributed by atoms with van der Waals surface area (Å²) < 4.78 is 15.4. The molecule has 16 nitrogen and oxygen atoms in total. The monoisotopic (exact) mass is 492 g/mol. The normalized spacial score (nSPS) is 41.6. The van der Waals surface area contributed by atoms with Crippen molar-refractivity contribution < 1.29 is 80.3 Å². The highest BCUT2D eigenvalue weighted by Crippen LogP contribution is 2.35. The van der Waals surface area contributed by atoms with Crippen molar-refractivity contribution in [3.05, 3.63) is 0 Å². The molecule has 0 saturated carbocycles. The molecule has 196 valence electrons. The Morgan fingerprint density at radius 1 is 0.848 bits per heavy atom. The molecule has 0 radical (unpaired) electrons. The fraction of sp³-hybridized carbons (Fsp3) is 0.941. The van der Waals surface area contributed by atoms with E-state index in [2.05, 4.69) is 0 Å². The summed E-state index contributed by atoms with van der Waals surface area (Å²) in [6.45, 7) is -3.01. The van der Waals surface area contributed by atoms with Gasteiger partial charge >= 0.3 is 0 Å². The first-order valence-corrected chi connectivity index (χ1v) is 9.78. The van der Waals surface area contributed by atoms with Gasteiger partial charge in [0.15, 0.2) is 12.6 Å². The summed E-state index contributed by atoms with van der Waals surface area (Å²) in [5.74, 6) is -2.22. The smallest absolute Gasteiger partial charge is 0.224 e. The minimum atomic E-state index is -2.22. The summed E-state index contributed by atoms with van der Waals surface area (Å²) in [6.07, 6.45) is -17.3. The number of ether oxygens (including phenoxy) is 3. The van der Waals surface area contributed by atoms with Crippen LogP contribution in [-0.4, -0.2) is 167 Å². The van der Waals surface area contributed by atoms with Gasteiger partial charge in [-0.3, -0.25) is 0 Å². The number of hydrogen-bond donors (Lipinski definition) is 12. The van der Waals surface area contributed by atoms with Crippen LogP contribution in [0.2, 0.25) is 0 Å². The van der Waals surface area contributed by atoms with Crippen LogP contribution in [0.4, 0.5) is 0 Å². The molecule has 2 heterocycles. The van der Waals surface area contributed by atoms with Gasteiger partial charge in [0.2, 0.25) is 5.79 Å². The number of rotatable bonds is 9. The molecule has 0 spiro atoms. The average Bonchev–Trinajstić information content (AvgIpc) is 3.08. The molecule has 2 fully saturated rings. The van der Waals surface area contributed by atoms with Crippen molar-refractivity contribution in [2.75, 3.05) is 26.4 Å². The Morgan fingerprint density at radius 2 is 1.42 bits per heavy atom. The highest BCUT2D eigenvalue weighted by Gasteiger charge is 2.58. The van der Waals surface area contributed by atoms with Gasteiger partial charge < -0.3 is 80.3 Å². The van der Waals surface area contributed by atoms with Crippen molar-refractivity contribution >= 4 is 6.29 Å². The molecule has 0 aromatic heterocycles. The molecule has 0 aromatic carbocycles.